The molecule has 22 heteroatoms. The number of hydrogen-bond donors (Lipinski definition) is 14. The van der Waals surface area contributed by atoms with Crippen LogP contribution in [0.4, 0.5) is 0 Å². The maximum Gasteiger partial charge on any atom is 0.248 e. The number of hydrogen-bond acceptors (Lipinski definition) is 16. The summed E-state index contributed by atoms with van der Waals surface area (Å²) in [5.41, 5.74) is 5.88. The number of nitrogens with two attached hydrogens (primary N) is 1. The molecule has 22 nitrogen and oxygen atoms in total. The van der Waals surface area contributed by atoms with Gasteiger partial charge in [-0.3, -0.25) is 28.8 Å². The second-order valence-corrected chi connectivity index (χ2v) is 14.6. The van der Waals surface area contributed by atoms with E-state index in [0.717, 1.165) is 35.8 Å². The summed E-state index contributed by atoms with van der Waals surface area (Å²) >= 11 is 0. The number of benzene rings is 1. The summed E-state index contributed by atoms with van der Waals surface area (Å²) in [5, 5.41) is 105. The molecule has 1 aromatic carbocycles. The minimum absolute atomic E-state index is 0.0501. The molecule has 0 bridgehead atoms. The van der Waals surface area contributed by atoms with Crippen LogP contribution < -0.4 is 27.0 Å². The van der Waals surface area contributed by atoms with Gasteiger partial charge in [0, 0.05) is 31.8 Å². The topological polar surface area (TPSA) is 365 Å². The minimum atomic E-state index is -2.24. The highest BCUT2D eigenvalue weighted by Gasteiger charge is 2.50. The van der Waals surface area contributed by atoms with Gasteiger partial charge in [0.1, 0.15) is 54.3 Å². The average molecular weight is 798 g/mol. The largest absolute Gasteiger partial charge is 0.508 e. The Labute approximate surface area is 320 Å². The van der Waals surface area contributed by atoms with Crippen molar-refractivity contribution in [2.75, 3.05) is 13.1 Å². The molecule has 0 aromatic heterocycles. The van der Waals surface area contributed by atoms with Gasteiger partial charge in [-0.25, -0.2) is 0 Å². The van der Waals surface area contributed by atoms with E-state index in [1.54, 1.807) is 0 Å². The van der Waals surface area contributed by atoms with E-state index in [4.69, 9.17) is 5.73 Å². The van der Waals surface area contributed by atoms with Gasteiger partial charge in [0.15, 0.2) is 6.23 Å². The van der Waals surface area contributed by atoms with Crippen molar-refractivity contribution in [3.05, 3.63) is 29.8 Å². The van der Waals surface area contributed by atoms with Crippen LogP contribution in [0.3, 0.4) is 0 Å². The second-order valence-electron chi connectivity index (χ2n) is 14.6. The van der Waals surface area contributed by atoms with Crippen LogP contribution in [0.1, 0.15) is 45.3 Å². The van der Waals surface area contributed by atoms with Crippen LogP contribution >= 0.6 is 0 Å². The molecule has 3 saturated heterocycles. The van der Waals surface area contributed by atoms with Gasteiger partial charge < -0.3 is 82.8 Å². The Morgan fingerprint density at radius 1 is 0.696 bits per heavy atom. The highest BCUT2D eigenvalue weighted by Crippen LogP contribution is 2.27. The fourth-order valence-corrected chi connectivity index (χ4v) is 6.92. The minimum Gasteiger partial charge on any atom is -0.508 e. The second kappa shape index (κ2) is 18.2. The van der Waals surface area contributed by atoms with E-state index < -0.39 is 146 Å². The third kappa shape index (κ3) is 9.70. The number of nitrogens with one attached hydrogen (secondary N) is 4. The Bertz CT molecular complexity index is 1620. The predicted octanol–water partition coefficient (Wildman–Crippen LogP) is -7.30. The number of fused-ring (bicyclic) bond motifs is 2. The first-order valence-corrected chi connectivity index (χ1v) is 18.0. The molecule has 0 radical (unpaired) electrons. The predicted molar refractivity (Wildman–Crippen MR) is 188 cm³/mol. The number of phenolic OH excluding ortho intramolecular Hbond substituents is 1. The number of aliphatic hydroxyl groups is 8. The lowest BCUT2D eigenvalue weighted by atomic mass is 9.96. The van der Waals surface area contributed by atoms with Gasteiger partial charge in [-0.05, 0) is 31.5 Å². The molecule has 0 saturated carbocycles. The molecule has 3 aliphatic heterocycles. The van der Waals surface area contributed by atoms with Crippen molar-refractivity contribution < 1.29 is 74.7 Å². The number of amides is 6. The zero-order chi connectivity index (χ0) is 41.9. The molecule has 0 spiro atoms. The fraction of sp³-hybridized carbons (Fsp3) is 0.647. The summed E-state index contributed by atoms with van der Waals surface area (Å²) in [6.07, 6.45) is -15.8. The lowest BCUT2D eigenvalue weighted by Crippen LogP contribution is -2.64. The molecule has 3 aliphatic rings. The van der Waals surface area contributed by atoms with Crippen LogP contribution in [-0.4, -0.2) is 183 Å². The summed E-state index contributed by atoms with van der Waals surface area (Å²) in [6.45, 7) is 2.85. The van der Waals surface area contributed by atoms with E-state index in [-0.39, 0.29) is 17.9 Å². The van der Waals surface area contributed by atoms with E-state index >= 15 is 0 Å². The van der Waals surface area contributed by atoms with E-state index in [2.05, 4.69) is 16.0 Å². The Morgan fingerprint density at radius 3 is 1.80 bits per heavy atom. The number of nitrogens with zero attached hydrogens (tertiary/aromatic N) is 2. The number of carbonyl (C=O) groups is 6. The van der Waals surface area contributed by atoms with Crippen LogP contribution in [0.5, 0.6) is 5.75 Å². The van der Waals surface area contributed by atoms with Crippen LogP contribution in [0, 0.1) is 5.92 Å². The number of rotatable bonds is 5. The van der Waals surface area contributed by atoms with Crippen LogP contribution in [0.25, 0.3) is 0 Å². The van der Waals surface area contributed by atoms with E-state index in [9.17, 15) is 74.7 Å². The molecule has 0 aliphatic carbocycles. The molecule has 15 atom stereocenters. The van der Waals surface area contributed by atoms with Gasteiger partial charge in [-0.2, -0.15) is 0 Å². The number of carbonyl (C=O) groups excluding carboxylic acids is 6. The van der Waals surface area contributed by atoms with Crippen molar-refractivity contribution >= 4 is 35.4 Å². The van der Waals surface area contributed by atoms with Crippen LogP contribution in [0.2, 0.25) is 0 Å². The Kier molecular flexibility index (Phi) is 14.3. The van der Waals surface area contributed by atoms with Crippen molar-refractivity contribution in [2.24, 2.45) is 11.7 Å². The SMILES string of the molecule is C[C@@H](O)[C@@H]1NC(=O)[C@@H]([C@H](O)[C@@H](O)c2ccc(O)cc2)NC(=O)[C@@H]2C[C@@H](O)CN2C(=O)[C@H]([C@@H](C)O)NC(=O)[C@@H](N)C[C@@H](O)[C@@H](O)NC(=O)[C@@H]2[C@@H](O)[C@@H](C)CN2C1=O. The molecular weight excluding hydrogens is 746 g/mol. The summed E-state index contributed by atoms with van der Waals surface area (Å²) in [5.74, 6) is -8.12. The normalized spacial score (nSPS) is 35.2. The molecule has 15 N–H and O–H groups in total. The maximum absolute atomic E-state index is 14.0. The highest BCUT2D eigenvalue weighted by molar-refractivity contribution is 5.98. The van der Waals surface area contributed by atoms with Crippen LogP contribution in [0.15, 0.2) is 24.3 Å². The molecule has 6 amide bonds. The lowest BCUT2D eigenvalue weighted by Gasteiger charge is -2.34. The van der Waals surface area contributed by atoms with Crippen molar-refractivity contribution in [3.8, 4) is 5.75 Å². The molecule has 56 heavy (non-hydrogen) atoms. The monoisotopic (exact) mass is 797 g/mol. The molecule has 1 aromatic rings. The quantitative estimate of drug-likeness (QED) is 0.132. The Hall–Kier alpha value is -4.52. The summed E-state index contributed by atoms with van der Waals surface area (Å²) in [4.78, 5) is 83.9. The van der Waals surface area contributed by atoms with Gasteiger partial charge in [0.2, 0.25) is 35.4 Å². The van der Waals surface area contributed by atoms with E-state index in [1.807, 2.05) is 5.32 Å². The third-order valence-corrected chi connectivity index (χ3v) is 10.2. The van der Waals surface area contributed by atoms with Crippen molar-refractivity contribution in [2.45, 2.75) is 119 Å². The number of aromatic hydroxyl groups is 1. The standard InChI is InChI=1S/C34H51N7O15/c1-12-10-41-24(25(12)47)32(54)39-30(52)20(46)9-18(35)28(50)36-21(13(2)42)33(55)40-11-17(45)8-19(40)29(51)38-23(31(53)37-22(14(3)43)34(41)56)27(49)26(48)15-4-6-16(44)7-5-15/h4-7,12-14,17-27,30,42-49,52H,8-11,35H2,1-3H3,(H,36,50)(H,37,53)(H,38,51)(H,39,54)/t12-,13+,14+,17+,18-,19-,20+,21-,22-,23+,24-,25-,26-,27-,30+/m0/s1. The highest BCUT2D eigenvalue weighted by atomic mass is 16.3. The van der Waals surface area contributed by atoms with Gasteiger partial charge in [0.05, 0.1) is 30.5 Å². The van der Waals surface area contributed by atoms with Crippen molar-refractivity contribution in [3.63, 3.8) is 0 Å². The smallest absolute Gasteiger partial charge is 0.248 e. The molecule has 312 valence electrons. The number of phenols is 1. The lowest BCUT2D eigenvalue weighted by molar-refractivity contribution is -0.148. The molecule has 3 heterocycles. The number of aliphatic hydroxyl groups excluding tert-OH is 8. The Balaban J connectivity index is 1.80. The summed E-state index contributed by atoms with van der Waals surface area (Å²) < 4.78 is 0. The molecule has 0 unspecified atom stereocenters. The zero-order valence-electron chi connectivity index (χ0n) is 30.7. The van der Waals surface area contributed by atoms with Gasteiger partial charge in [-0.1, -0.05) is 19.1 Å². The molecule has 3 fully saturated rings. The Morgan fingerprint density at radius 2 is 1.23 bits per heavy atom. The average Bonchev–Trinajstić information content (AvgIpc) is 3.68. The first-order valence-electron chi connectivity index (χ1n) is 18.0. The van der Waals surface area contributed by atoms with Gasteiger partial charge in [-0.15, -0.1) is 0 Å². The van der Waals surface area contributed by atoms with E-state index in [0.29, 0.717) is 0 Å². The maximum atomic E-state index is 14.0. The third-order valence-electron chi connectivity index (χ3n) is 10.2. The summed E-state index contributed by atoms with van der Waals surface area (Å²) in [6, 6.07) is -6.28. The van der Waals surface area contributed by atoms with Crippen LogP contribution in [-0.2, 0) is 28.8 Å². The first-order chi connectivity index (χ1) is 26.1. The fourth-order valence-electron chi connectivity index (χ4n) is 6.92. The molecular formula is C34H51N7O15. The van der Waals surface area contributed by atoms with Gasteiger partial charge >= 0.3 is 0 Å². The molecule has 4 rings (SSSR count). The summed E-state index contributed by atoms with van der Waals surface area (Å²) in [7, 11) is 0. The van der Waals surface area contributed by atoms with Crippen molar-refractivity contribution in [1.29, 1.82) is 0 Å². The zero-order valence-corrected chi connectivity index (χ0v) is 30.7. The first kappa shape index (κ1) is 44.2. The van der Waals surface area contributed by atoms with Crippen molar-refractivity contribution in [1.82, 2.24) is 31.1 Å². The van der Waals surface area contributed by atoms with Gasteiger partial charge in [0.25, 0.3) is 0 Å². The van der Waals surface area contributed by atoms with E-state index in [1.165, 1.54) is 19.1 Å².